The maximum atomic E-state index is 13.1. The van der Waals surface area contributed by atoms with Gasteiger partial charge in [0.2, 0.25) is 0 Å². The largest absolute Gasteiger partial charge is 0.497 e. The summed E-state index contributed by atoms with van der Waals surface area (Å²) in [7, 11) is 1.60. The number of methoxy groups -OCH3 is 1. The van der Waals surface area contributed by atoms with Gasteiger partial charge in [0.25, 0.3) is 5.91 Å². The number of benzene rings is 2. The Morgan fingerprint density at radius 3 is 2.38 bits per heavy atom. The lowest BCUT2D eigenvalue weighted by molar-refractivity contribution is -0.300. The van der Waals surface area contributed by atoms with Gasteiger partial charge in [-0.1, -0.05) is 29.8 Å². The highest BCUT2D eigenvalue weighted by atomic mass is 32.2. The number of hydrogen-bond donors (Lipinski definition) is 1. The first-order valence-electron chi connectivity index (χ1n) is 11.0. The third kappa shape index (κ3) is 5.38. The zero-order valence-corrected chi connectivity index (χ0v) is 20.4. The first-order valence-corrected chi connectivity index (χ1v) is 12.3. The summed E-state index contributed by atoms with van der Waals surface area (Å²) in [4.78, 5) is 25.1. The van der Waals surface area contributed by atoms with Crippen molar-refractivity contribution in [3.05, 3.63) is 65.2 Å². The molecule has 0 radical (unpaired) electrons. The number of hydrogen-bond acceptors (Lipinski definition) is 8. The van der Waals surface area contributed by atoms with Crippen LogP contribution >= 0.6 is 11.8 Å². The lowest BCUT2D eigenvalue weighted by Gasteiger charge is -2.48. The molecule has 8 nitrogen and oxygen atoms in total. The quantitative estimate of drug-likeness (QED) is 0.621. The van der Waals surface area contributed by atoms with Gasteiger partial charge in [-0.2, -0.15) is 0 Å². The summed E-state index contributed by atoms with van der Waals surface area (Å²) in [6, 6.07) is 14.0. The molecule has 6 atom stereocenters. The van der Waals surface area contributed by atoms with Crippen molar-refractivity contribution in [1.29, 1.82) is 0 Å². The molecular formula is C25H29NO7S. The fourth-order valence-corrected chi connectivity index (χ4v) is 4.88. The van der Waals surface area contributed by atoms with Gasteiger partial charge in [-0.05, 0) is 37.4 Å². The second kappa shape index (κ2) is 10.8. The molecule has 0 aliphatic carbocycles. The van der Waals surface area contributed by atoms with Gasteiger partial charge >= 0.3 is 5.97 Å². The fraction of sp³-hybridized carbons (Fsp3) is 0.440. The van der Waals surface area contributed by atoms with E-state index in [2.05, 4.69) is 5.32 Å². The standard InChI is InChI=1S/C25H29NO7S/c1-14-5-7-16(8-6-14)23(28)26-20-21-19(32-25(34-4)22(20)31-15(2)27)13-30-24(33-21)17-9-11-18(29-3)12-10-17/h5-12,19-22,24-25H,13H2,1-4H3,(H,26,28)/t19-,20+,21+,22-,24+,25+/m1/s1. The Morgan fingerprint density at radius 1 is 1.06 bits per heavy atom. The lowest BCUT2D eigenvalue weighted by atomic mass is 9.95. The van der Waals surface area contributed by atoms with Crippen LogP contribution in [0.25, 0.3) is 0 Å². The van der Waals surface area contributed by atoms with Crippen LogP contribution < -0.4 is 10.1 Å². The Morgan fingerprint density at radius 2 is 1.76 bits per heavy atom. The van der Waals surface area contributed by atoms with Crippen molar-refractivity contribution in [3.63, 3.8) is 0 Å². The van der Waals surface area contributed by atoms with Gasteiger partial charge in [0.15, 0.2) is 12.4 Å². The maximum Gasteiger partial charge on any atom is 0.303 e. The predicted octanol–water partition coefficient (Wildman–Crippen LogP) is 3.24. The van der Waals surface area contributed by atoms with Gasteiger partial charge in [-0.3, -0.25) is 9.59 Å². The minimum atomic E-state index is -0.738. The summed E-state index contributed by atoms with van der Waals surface area (Å²) in [6.45, 7) is 3.56. The monoisotopic (exact) mass is 487 g/mol. The average Bonchev–Trinajstić information content (AvgIpc) is 2.85. The highest BCUT2D eigenvalue weighted by Crippen LogP contribution is 2.38. The van der Waals surface area contributed by atoms with Gasteiger partial charge in [0.1, 0.15) is 23.4 Å². The van der Waals surface area contributed by atoms with Crippen molar-refractivity contribution in [2.24, 2.45) is 0 Å². The van der Waals surface area contributed by atoms with Crippen LogP contribution in [0.4, 0.5) is 0 Å². The number of rotatable bonds is 6. The topological polar surface area (TPSA) is 92.3 Å². The van der Waals surface area contributed by atoms with Gasteiger partial charge in [-0.25, -0.2) is 0 Å². The molecule has 1 amide bonds. The molecule has 2 aliphatic heterocycles. The fourth-order valence-electron chi connectivity index (χ4n) is 4.14. The van der Waals surface area contributed by atoms with Crippen molar-refractivity contribution in [2.75, 3.05) is 20.0 Å². The molecule has 2 heterocycles. The molecule has 2 saturated heterocycles. The summed E-state index contributed by atoms with van der Waals surface area (Å²) in [5, 5.41) is 3.05. The van der Waals surface area contributed by atoms with Crippen LogP contribution in [0, 0.1) is 6.92 Å². The minimum Gasteiger partial charge on any atom is -0.497 e. The van der Waals surface area contributed by atoms with Gasteiger partial charge < -0.3 is 29.0 Å². The molecule has 2 aromatic rings. The molecule has 0 saturated carbocycles. The molecule has 34 heavy (non-hydrogen) atoms. The van der Waals surface area contributed by atoms with E-state index in [1.807, 2.05) is 49.6 Å². The van der Waals surface area contributed by atoms with E-state index in [9.17, 15) is 9.59 Å². The van der Waals surface area contributed by atoms with E-state index in [0.717, 1.165) is 16.9 Å². The Balaban J connectivity index is 1.61. The van der Waals surface area contributed by atoms with Crippen LogP contribution in [0.3, 0.4) is 0 Å². The van der Waals surface area contributed by atoms with E-state index >= 15 is 0 Å². The van der Waals surface area contributed by atoms with Crippen molar-refractivity contribution in [3.8, 4) is 5.75 Å². The van der Waals surface area contributed by atoms with E-state index in [0.29, 0.717) is 5.56 Å². The molecular weight excluding hydrogens is 458 g/mol. The molecule has 0 aromatic heterocycles. The van der Waals surface area contributed by atoms with Crippen molar-refractivity contribution in [2.45, 2.75) is 49.9 Å². The third-order valence-corrected chi connectivity index (χ3v) is 6.72. The lowest BCUT2D eigenvalue weighted by Crippen LogP contribution is -2.67. The van der Waals surface area contributed by atoms with E-state index in [1.165, 1.54) is 18.7 Å². The molecule has 2 aromatic carbocycles. The molecule has 2 aliphatic rings. The summed E-state index contributed by atoms with van der Waals surface area (Å²) >= 11 is 1.41. The first kappa shape index (κ1) is 24.5. The summed E-state index contributed by atoms with van der Waals surface area (Å²) in [6.07, 6.45) is -0.577. The zero-order chi connectivity index (χ0) is 24.2. The number of thioether (sulfide) groups is 1. The highest BCUT2D eigenvalue weighted by molar-refractivity contribution is 7.99. The van der Waals surface area contributed by atoms with Crippen LogP contribution in [0.15, 0.2) is 48.5 Å². The molecule has 0 bridgehead atoms. The molecule has 1 N–H and O–H groups in total. The number of carbonyl (C=O) groups excluding carboxylic acids is 2. The SMILES string of the molecule is COc1ccc([C@H]2OC[C@H]3O[C@@H](SC)[C@H](OC(C)=O)[C@@H](NC(=O)c4ccc(C)cc4)[C@H]3O2)cc1. The Bertz CT molecular complexity index is 997. The van der Waals surface area contributed by atoms with Crippen LogP contribution in [-0.4, -0.2) is 61.6 Å². The van der Waals surface area contributed by atoms with E-state index in [-0.39, 0.29) is 12.5 Å². The number of esters is 1. The van der Waals surface area contributed by atoms with Crippen LogP contribution in [0.5, 0.6) is 5.75 Å². The number of amides is 1. The number of carbonyl (C=O) groups is 2. The predicted molar refractivity (Wildman–Crippen MR) is 127 cm³/mol. The molecule has 4 rings (SSSR count). The second-order valence-corrected chi connectivity index (χ2v) is 9.19. The number of aryl methyl sites for hydroxylation is 1. The molecule has 0 spiro atoms. The molecule has 182 valence electrons. The van der Waals surface area contributed by atoms with E-state index < -0.39 is 42.0 Å². The van der Waals surface area contributed by atoms with Crippen LogP contribution in [0.2, 0.25) is 0 Å². The molecule has 9 heteroatoms. The summed E-state index contributed by atoms with van der Waals surface area (Å²) in [5.41, 5.74) is 1.88. The van der Waals surface area contributed by atoms with Crippen LogP contribution in [-0.2, 0) is 23.7 Å². The third-order valence-electron chi connectivity index (χ3n) is 5.88. The number of fused-ring (bicyclic) bond motifs is 1. The first-order chi connectivity index (χ1) is 16.4. The van der Waals surface area contributed by atoms with Crippen molar-refractivity contribution < 1.29 is 33.3 Å². The van der Waals surface area contributed by atoms with Crippen molar-refractivity contribution >= 4 is 23.6 Å². The van der Waals surface area contributed by atoms with Crippen LogP contribution in [0.1, 0.15) is 34.7 Å². The summed E-state index contributed by atoms with van der Waals surface area (Å²) in [5.74, 6) is -0.0161. The Kier molecular flexibility index (Phi) is 7.77. The minimum absolute atomic E-state index is 0.266. The zero-order valence-electron chi connectivity index (χ0n) is 19.6. The highest BCUT2D eigenvalue weighted by Gasteiger charge is 2.52. The Hall–Kier alpha value is -2.59. The van der Waals surface area contributed by atoms with Gasteiger partial charge in [0.05, 0.1) is 19.8 Å². The Labute approximate surface area is 203 Å². The van der Waals surface area contributed by atoms with Crippen molar-refractivity contribution in [1.82, 2.24) is 5.32 Å². The van der Waals surface area contributed by atoms with Gasteiger partial charge in [0, 0.05) is 18.1 Å². The normalized spacial score (nSPS) is 28.5. The number of ether oxygens (including phenoxy) is 5. The van der Waals surface area contributed by atoms with E-state index in [1.54, 1.807) is 19.2 Å². The number of nitrogens with one attached hydrogen (secondary N) is 1. The maximum absolute atomic E-state index is 13.1. The van der Waals surface area contributed by atoms with E-state index in [4.69, 9.17) is 23.7 Å². The smallest absolute Gasteiger partial charge is 0.303 e. The average molecular weight is 488 g/mol. The summed E-state index contributed by atoms with van der Waals surface area (Å²) < 4.78 is 29.3. The van der Waals surface area contributed by atoms with Gasteiger partial charge in [-0.15, -0.1) is 11.8 Å². The molecule has 2 fully saturated rings. The second-order valence-electron chi connectivity index (χ2n) is 8.26. The molecule has 0 unspecified atom stereocenters.